The van der Waals surface area contributed by atoms with Gasteiger partial charge in [-0.1, -0.05) is 202 Å². The van der Waals surface area contributed by atoms with Crippen LogP contribution in [-0.4, -0.2) is 14.1 Å². The lowest BCUT2D eigenvalue weighted by Crippen LogP contribution is -2.41. The fourth-order valence-corrected chi connectivity index (χ4v) is 10.5. The molecule has 3 heterocycles. The van der Waals surface area contributed by atoms with Crippen molar-refractivity contribution in [3.05, 3.63) is 209 Å². The molecule has 0 spiro atoms. The van der Waals surface area contributed by atoms with Gasteiger partial charge in [-0.05, 0) is 110 Å². The molecule has 71 heavy (non-hydrogen) atoms. The zero-order chi connectivity index (χ0) is 51.1. The van der Waals surface area contributed by atoms with Gasteiger partial charge < -0.3 is 4.74 Å². The van der Waals surface area contributed by atoms with Crippen molar-refractivity contribution < 1.29 is 9.30 Å². The topological polar surface area (TPSA) is 35.9 Å². The summed E-state index contributed by atoms with van der Waals surface area (Å²) in [5.41, 5.74) is 13.0. The number of hydrogen-bond donors (Lipinski definition) is 0. The molecule has 0 saturated carbocycles. The van der Waals surface area contributed by atoms with Crippen molar-refractivity contribution in [2.24, 2.45) is 0 Å². The molecule has 6 aromatic carbocycles. The van der Waals surface area contributed by atoms with Gasteiger partial charge in [0.2, 0.25) is 0 Å². The van der Waals surface area contributed by atoms with Crippen molar-refractivity contribution >= 4 is 21.8 Å². The van der Waals surface area contributed by atoms with E-state index in [0.29, 0.717) is 0 Å². The quantitative estimate of drug-likeness (QED) is 0.107. The number of ether oxygens (including phenoxy) is 1. The Balaban J connectivity index is 1.20. The molecule has 364 valence electrons. The molecule has 0 aliphatic rings. The Morgan fingerprint density at radius 3 is 1.68 bits per heavy atom. The highest BCUT2D eigenvalue weighted by Gasteiger charge is 2.35. The highest BCUT2D eigenvalue weighted by atomic mass is 16.5. The van der Waals surface area contributed by atoms with Crippen LogP contribution in [0.2, 0.25) is 0 Å². The minimum atomic E-state index is -0.239. The number of fused-ring (bicyclic) bond motifs is 3. The Hall–Kier alpha value is -6.72. The standard InChI is InChI=1S/C66H74N4O/c1-61(2,3)47-36-48(66(15,16)45-28-21-18-22-29-45)38-50(37-47)69-43-68(59(63(7,8)9)60(69)64(10,11)12)49-30-25-31-51(40-49)71-52-41-54(62(4,5)6)58-53-32-23-24-33-55(53)70(56(58)42-52)57-39-46(34-35-67-57)65(13,14)44-26-19-17-20-27-44/h17-42H,1-16H3. The molecular formula is C66H74N4O. The summed E-state index contributed by atoms with van der Waals surface area (Å²) in [6.07, 6.45) is 5.93. The number of rotatable bonds is 9. The third-order valence-corrected chi connectivity index (χ3v) is 14.6. The van der Waals surface area contributed by atoms with E-state index in [2.05, 4.69) is 282 Å². The summed E-state index contributed by atoms with van der Waals surface area (Å²) in [5, 5.41) is 2.41. The van der Waals surface area contributed by atoms with Crippen molar-refractivity contribution in [3.8, 4) is 28.7 Å². The van der Waals surface area contributed by atoms with Crippen LogP contribution in [0.15, 0.2) is 158 Å². The van der Waals surface area contributed by atoms with Gasteiger partial charge in [0.1, 0.15) is 17.3 Å². The molecule has 0 aliphatic heterocycles. The number of hydrogen-bond acceptors (Lipinski definition) is 2. The van der Waals surface area contributed by atoms with Gasteiger partial charge in [-0.25, -0.2) is 4.98 Å². The second-order valence-corrected chi connectivity index (χ2v) is 24.9. The van der Waals surface area contributed by atoms with E-state index < -0.39 is 0 Å². The molecule has 5 heteroatoms. The van der Waals surface area contributed by atoms with Crippen LogP contribution in [0, 0.1) is 6.33 Å². The summed E-state index contributed by atoms with van der Waals surface area (Å²) >= 11 is 0. The van der Waals surface area contributed by atoms with E-state index in [9.17, 15) is 0 Å². The molecule has 3 aromatic heterocycles. The smallest absolute Gasteiger partial charge is 0.269 e. The number of para-hydroxylation sites is 1. The maximum Gasteiger partial charge on any atom is 0.269 e. The molecule has 0 bridgehead atoms. The molecule has 0 amide bonds. The maximum absolute atomic E-state index is 7.10. The third kappa shape index (κ3) is 9.25. The number of benzene rings is 6. The minimum Gasteiger partial charge on any atom is -0.458 e. The van der Waals surface area contributed by atoms with E-state index >= 15 is 0 Å². The molecular weight excluding hydrogens is 865 g/mol. The third-order valence-electron chi connectivity index (χ3n) is 14.6. The Kier molecular flexibility index (Phi) is 12.2. The minimum absolute atomic E-state index is 0.0782. The fraction of sp³-hybridized carbons (Fsp3) is 0.333. The lowest BCUT2D eigenvalue weighted by molar-refractivity contribution is -0.611. The van der Waals surface area contributed by atoms with Gasteiger partial charge in [-0.15, -0.1) is 0 Å². The summed E-state index contributed by atoms with van der Waals surface area (Å²) in [5.74, 6) is 2.40. The van der Waals surface area contributed by atoms with Gasteiger partial charge in [0.25, 0.3) is 6.33 Å². The monoisotopic (exact) mass is 939 g/mol. The van der Waals surface area contributed by atoms with E-state index in [1.807, 2.05) is 6.20 Å². The first-order valence-electron chi connectivity index (χ1n) is 25.5. The number of aromatic nitrogens is 4. The molecule has 0 unspecified atom stereocenters. The average molecular weight is 939 g/mol. The van der Waals surface area contributed by atoms with Crippen LogP contribution in [0.25, 0.3) is 39.0 Å². The summed E-state index contributed by atoms with van der Waals surface area (Å²) in [4.78, 5) is 5.08. The van der Waals surface area contributed by atoms with E-state index in [-0.39, 0.29) is 32.5 Å². The van der Waals surface area contributed by atoms with Crippen LogP contribution in [0.1, 0.15) is 156 Å². The second-order valence-electron chi connectivity index (χ2n) is 24.9. The predicted octanol–water partition coefficient (Wildman–Crippen LogP) is 16.7. The first-order chi connectivity index (χ1) is 33.2. The highest BCUT2D eigenvalue weighted by molar-refractivity contribution is 6.11. The predicted molar refractivity (Wildman–Crippen MR) is 297 cm³/mol. The van der Waals surface area contributed by atoms with Crippen LogP contribution >= 0.6 is 0 Å². The summed E-state index contributed by atoms with van der Waals surface area (Å²) < 4.78 is 14.1. The number of nitrogens with zero attached hydrogens (tertiary/aromatic N) is 4. The van der Waals surface area contributed by atoms with E-state index in [1.165, 1.54) is 55.5 Å². The summed E-state index contributed by atoms with van der Waals surface area (Å²) in [6, 6.07) is 54.9. The van der Waals surface area contributed by atoms with Crippen molar-refractivity contribution in [2.45, 2.75) is 143 Å². The van der Waals surface area contributed by atoms with Gasteiger partial charge in [-0.2, -0.15) is 0 Å². The zero-order valence-electron chi connectivity index (χ0n) is 45.2. The van der Waals surface area contributed by atoms with E-state index in [0.717, 1.165) is 39.7 Å². The normalized spacial score (nSPS) is 13.1. The first kappa shape index (κ1) is 49.3. The zero-order valence-corrected chi connectivity index (χ0v) is 45.2. The molecule has 0 fully saturated rings. The van der Waals surface area contributed by atoms with Crippen LogP contribution in [0.4, 0.5) is 0 Å². The van der Waals surface area contributed by atoms with Crippen LogP contribution in [0.5, 0.6) is 11.5 Å². The molecule has 0 N–H and O–H groups in total. The molecule has 9 rings (SSSR count). The molecule has 0 radical (unpaired) electrons. The number of pyridine rings is 1. The lowest BCUT2D eigenvalue weighted by Gasteiger charge is -2.32. The molecule has 0 aliphatic carbocycles. The van der Waals surface area contributed by atoms with Crippen molar-refractivity contribution in [1.82, 2.24) is 14.1 Å². The Morgan fingerprint density at radius 1 is 0.465 bits per heavy atom. The first-order valence-corrected chi connectivity index (χ1v) is 25.5. The average Bonchev–Trinajstić information content (AvgIpc) is 3.90. The fourth-order valence-electron chi connectivity index (χ4n) is 10.5. The molecule has 0 atom stereocenters. The Bertz CT molecular complexity index is 3410. The Labute approximate surface area is 424 Å². The van der Waals surface area contributed by atoms with Gasteiger partial charge in [0, 0.05) is 33.9 Å². The van der Waals surface area contributed by atoms with Crippen LogP contribution < -0.4 is 9.30 Å². The summed E-state index contributed by atoms with van der Waals surface area (Å²) in [7, 11) is 0. The molecule has 9 aromatic rings. The summed E-state index contributed by atoms with van der Waals surface area (Å²) in [6.45, 7) is 37.0. The highest BCUT2D eigenvalue weighted by Crippen LogP contribution is 2.44. The van der Waals surface area contributed by atoms with Crippen molar-refractivity contribution in [1.29, 1.82) is 0 Å². The largest absolute Gasteiger partial charge is 0.458 e. The van der Waals surface area contributed by atoms with Crippen LogP contribution in [0.3, 0.4) is 0 Å². The molecule has 5 nitrogen and oxygen atoms in total. The van der Waals surface area contributed by atoms with Gasteiger partial charge >= 0.3 is 0 Å². The maximum atomic E-state index is 7.10. The van der Waals surface area contributed by atoms with Gasteiger partial charge in [-0.3, -0.25) is 13.7 Å². The van der Waals surface area contributed by atoms with Crippen LogP contribution in [-0.2, 0) is 32.5 Å². The van der Waals surface area contributed by atoms with Crippen molar-refractivity contribution in [3.63, 3.8) is 0 Å². The van der Waals surface area contributed by atoms with Crippen molar-refractivity contribution in [2.75, 3.05) is 0 Å². The van der Waals surface area contributed by atoms with Gasteiger partial charge in [0.05, 0.1) is 33.8 Å². The van der Waals surface area contributed by atoms with E-state index in [4.69, 9.17) is 9.72 Å². The number of imidazole rings is 1. The molecule has 0 saturated heterocycles. The second kappa shape index (κ2) is 17.5. The SMILES string of the molecule is CC(C)(C)c1cc(-[n+]2[c-]n(-c3cccc(Oc4cc(C(C)(C)C)c5c6ccccc6n(-c6cc(C(C)(C)c7ccccc7)ccn6)c5c4)c3)c(C(C)(C)C)c2C(C)(C)C)cc(C(C)(C)c2ccccc2)c1. The van der Waals surface area contributed by atoms with E-state index in [1.54, 1.807) is 0 Å². The Morgan fingerprint density at radius 2 is 1.07 bits per heavy atom. The van der Waals surface area contributed by atoms with Gasteiger partial charge in [0.15, 0.2) is 0 Å². The lowest BCUT2D eigenvalue weighted by atomic mass is 9.75.